The lowest BCUT2D eigenvalue weighted by Crippen LogP contribution is -2.33. The zero-order valence-electron chi connectivity index (χ0n) is 10.5. The van der Waals surface area contributed by atoms with E-state index in [0.29, 0.717) is 11.3 Å². The molecule has 1 aromatic carbocycles. The smallest absolute Gasteiger partial charge is 0.251 e. The summed E-state index contributed by atoms with van der Waals surface area (Å²) in [5, 5.41) is 3.04. The number of nitrogen functional groups attached to an aromatic ring is 1. The maximum Gasteiger partial charge on any atom is 0.251 e. The van der Waals surface area contributed by atoms with E-state index in [1.165, 1.54) is 12.8 Å². The van der Waals surface area contributed by atoms with Gasteiger partial charge in [0, 0.05) is 17.3 Å². The van der Waals surface area contributed by atoms with Crippen LogP contribution < -0.4 is 11.1 Å². The average molecular weight is 232 g/mol. The summed E-state index contributed by atoms with van der Waals surface area (Å²) in [4.78, 5) is 12.1. The highest BCUT2D eigenvalue weighted by molar-refractivity contribution is 5.96. The van der Waals surface area contributed by atoms with Crippen LogP contribution in [-0.2, 0) is 0 Å². The van der Waals surface area contributed by atoms with Crippen LogP contribution in [0.5, 0.6) is 0 Å². The van der Waals surface area contributed by atoms with Crippen LogP contribution in [0.15, 0.2) is 18.2 Å². The fourth-order valence-electron chi connectivity index (χ4n) is 2.10. The lowest BCUT2D eigenvalue weighted by atomic mass is 10.1. The molecule has 1 aromatic rings. The van der Waals surface area contributed by atoms with Crippen molar-refractivity contribution in [2.45, 2.75) is 39.2 Å². The predicted molar refractivity (Wildman–Crippen MR) is 69.9 cm³/mol. The van der Waals surface area contributed by atoms with Gasteiger partial charge in [-0.2, -0.15) is 0 Å². The molecule has 3 N–H and O–H groups in total. The summed E-state index contributed by atoms with van der Waals surface area (Å²) in [6.45, 7) is 4.00. The fraction of sp³-hybridized carbons (Fsp3) is 0.500. The fourth-order valence-corrected chi connectivity index (χ4v) is 2.10. The summed E-state index contributed by atoms with van der Waals surface area (Å²) in [6, 6.07) is 5.69. The summed E-state index contributed by atoms with van der Waals surface area (Å²) in [7, 11) is 0. The summed E-state index contributed by atoms with van der Waals surface area (Å²) in [5.74, 6) is 0.815. The van der Waals surface area contributed by atoms with E-state index in [-0.39, 0.29) is 11.9 Å². The van der Waals surface area contributed by atoms with Crippen molar-refractivity contribution in [3.63, 3.8) is 0 Å². The number of nitrogens with one attached hydrogen (secondary N) is 1. The topological polar surface area (TPSA) is 55.1 Å². The third-order valence-electron chi connectivity index (χ3n) is 3.27. The number of carbonyl (C=O) groups is 1. The van der Waals surface area contributed by atoms with Crippen LogP contribution in [0.4, 0.5) is 5.69 Å². The molecule has 1 fully saturated rings. The second kappa shape index (κ2) is 4.78. The third kappa shape index (κ3) is 3.22. The van der Waals surface area contributed by atoms with E-state index in [1.807, 2.05) is 19.1 Å². The first-order valence-electron chi connectivity index (χ1n) is 6.23. The molecule has 1 amide bonds. The molecule has 0 heterocycles. The van der Waals surface area contributed by atoms with Crippen molar-refractivity contribution in [2.75, 3.05) is 5.73 Å². The predicted octanol–water partition coefficient (Wildman–Crippen LogP) is 2.50. The van der Waals surface area contributed by atoms with E-state index in [2.05, 4.69) is 12.2 Å². The minimum Gasteiger partial charge on any atom is -0.399 e. The first-order chi connectivity index (χ1) is 8.06. The van der Waals surface area contributed by atoms with E-state index in [4.69, 9.17) is 5.73 Å². The number of benzene rings is 1. The first-order valence-corrected chi connectivity index (χ1v) is 6.23. The van der Waals surface area contributed by atoms with Crippen LogP contribution in [0, 0.1) is 12.8 Å². The van der Waals surface area contributed by atoms with Gasteiger partial charge in [-0.25, -0.2) is 0 Å². The van der Waals surface area contributed by atoms with E-state index < -0.39 is 0 Å². The SMILES string of the molecule is Cc1ccc(N)cc1C(=O)NC(C)CC1CC1. The molecule has 0 spiro atoms. The number of anilines is 1. The highest BCUT2D eigenvalue weighted by Gasteiger charge is 2.24. The Kier molecular flexibility index (Phi) is 3.36. The van der Waals surface area contributed by atoms with Crippen molar-refractivity contribution >= 4 is 11.6 Å². The Morgan fingerprint density at radius 3 is 2.88 bits per heavy atom. The molecule has 0 aromatic heterocycles. The molecule has 0 radical (unpaired) electrons. The van der Waals surface area contributed by atoms with Crippen LogP contribution in [-0.4, -0.2) is 11.9 Å². The largest absolute Gasteiger partial charge is 0.399 e. The maximum absolute atomic E-state index is 12.1. The molecule has 3 nitrogen and oxygen atoms in total. The van der Waals surface area contributed by atoms with Gasteiger partial charge in [0.05, 0.1) is 0 Å². The number of hydrogen-bond acceptors (Lipinski definition) is 2. The summed E-state index contributed by atoms with van der Waals surface area (Å²) >= 11 is 0. The monoisotopic (exact) mass is 232 g/mol. The lowest BCUT2D eigenvalue weighted by Gasteiger charge is -2.14. The maximum atomic E-state index is 12.1. The molecule has 1 atom stereocenters. The van der Waals surface area contributed by atoms with Crippen molar-refractivity contribution in [3.05, 3.63) is 29.3 Å². The van der Waals surface area contributed by atoms with Gasteiger partial charge < -0.3 is 11.1 Å². The Labute approximate surface area is 102 Å². The normalized spacial score (nSPS) is 16.6. The van der Waals surface area contributed by atoms with Crippen molar-refractivity contribution in [3.8, 4) is 0 Å². The summed E-state index contributed by atoms with van der Waals surface area (Å²) < 4.78 is 0. The first kappa shape index (κ1) is 12.0. The van der Waals surface area contributed by atoms with E-state index >= 15 is 0 Å². The molecule has 1 aliphatic rings. The van der Waals surface area contributed by atoms with Gasteiger partial charge in [-0.1, -0.05) is 18.9 Å². The molecule has 0 aliphatic heterocycles. The molecule has 92 valence electrons. The van der Waals surface area contributed by atoms with Gasteiger partial charge >= 0.3 is 0 Å². The molecular weight excluding hydrogens is 212 g/mol. The molecule has 2 rings (SSSR count). The second-order valence-electron chi connectivity index (χ2n) is 5.13. The van der Waals surface area contributed by atoms with Crippen molar-refractivity contribution in [1.82, 2.24) is 5.32 Å². The van der Waals surface area contributed by atoms with Crippen molar-refractivity contribution < 1.29 is 4.79 Å². The Balaban J connectivity index is 2.00. The zero-order chi connectivity index (χ0) is 12.4. The standard InChI is InChI=1S/C14H20N2O/c1-9-3-6-12(15)8-13(9)14(17)16-10(2)7-11-4-5-11/h3,6,8,10-11H,4-5,7,15H2,1-2H3,(H,16,17). The highest BCUT2D eigenvalue weighted by atomic mass is 16.1. The van der Waals surface area contributed by atoms with Crippen molar-refractivity contribution in [1.29, 1.82) is 0 Å². The molecule has 1 aliphatic carbocycles. The zero-order valence-corrected chi connectivity index (χ0v) is 10.5. The number of hydrogen-bond donors (Lipinski definition) is 2. The van der Waals surface area contributed by atoms with E-state index in [1.54, 1.807) is 6.07 Å². The van der Waals surface area contributed by atoms with Crippen LogP contribution in [0.2, 0.25) is 0 Å². The molecular formula is C14H20N2O. The molecule has 1 unspecified atom stereocenters. The van der Waals surface area contributed by atoms with Crippen molar-refractivity contribution in [2.24, 2.45) is 5.92 Å². The molecule has 3 heteroatoms. The number of nitrogens with two attached hydrogens (primary N) is 1. The molecule has 0 bridgehead atoms. The number of aryl methyl sites for hydroxylation is 1. The van der Waals surface area contributed by atoms with E-state index in [9.17, 15) is 4.79 Å². The van der Waals surface area contributed by atoms with Crippen LogP contribution in [0.25, 0.3) is 0 Å². The Bertz CT molecular complexity index is 424. The van der Waals surface area contributed by atoms with E-state index in [0.717, 1.165) is 17.9 Å². The lowest BCUT2D eigenvalue weighted by molar-refractivity contribution is 0.0937. The van der Waals surface area contributed by atoms with Crippen LogP contribution in [0.1, 0.15) is 42.1 Å². The molecule has 17 heavy (non-hydrogen) atoms. The number of rotatable bonds is 4. The summed E-state index contributed by atoms with van der Waals surface area (Å²) in [5.41, 5.74) is 8.00. The number of amides is 1. The minimum absolute atomic E-state index is 0.0112. The Hall–Kier alpha value is -1.51. The Morgan fingerprint density at radius 2 is 2.24 bits per heavy atom. The van der Waals surface area contributed by atoms with Gasteiger partial charge in [-0.15, -0.1) is 0 Å². The average Bonchev–Trinajstić information content (AvgIpc) is 3.05. The minimum atomic E-state index is -0.0112. The Morgan fingerprint density at radius 1 is 1.53 bits per heavy atom. The summed E-state index contributed by atoms with van der Waals surface area (Å²) in [6.07, 6.45) is 3.72. The van der Waals surface area contributed by atoms with Gasteiger partial charge in [-0.05, 0) is 43.9 Å². The highest BCUT2D eigenvalue weighted by Crippen LogP contribution is 2.33. The number of carbonyl (C=O) groups excluding carboxylic acids is 1. The third-order valence-corrected chi connectivity index (χ3v) is 3.27. The molecule has 0 saturated heterocycles. The van der Waals surface area contributed by atoms with Gasteiger partial charge in [-0.3, -0.25) is 4.79 Å². The molecule has 1 saturated carbocycles. The van der Waals surface area contributed by atoms with Gasteiger partial charge in [0.25, 0.3) is 5.91 Å². The van der Waals surface area contributed by atoms with Crippen LogP contribution in [0.3, 0.4) is 0 Å². The quantitative estimate of drug-likeness (QED) is 0.784. The second-order valence-corrected chi connectivity index (χ2v) is 5.13. The van der Waals surface area contributed by atoms with Gasteiger partial charge in [0.2, 0.25) is 0 Å². The van der Waals surface area contributed by atoms with Gasteiger partial charge in [0.1, 0.15) is 0 Å². The van der Waals surface area contributed by atoms with Gasteiger partial charge in [0.15, 0.2) is 0 Å². The van der Waals surface area contributed by atoms with Crippen LogP contribution >= 0.6 is 0 Å².